The second-order valence-electron chi connectivity index (χ2n) is 4.68. The van der Waals surface area contributed by atoms with Crippen molar-refractivity contribution in [3.8, 4) is 0 Å². The number of hydrogen-bond acceptors (Lipinski definition) is 5. The summed E-state index contributed by atoms with van der Waals surface area (Å²) in [5.41, 5.74) is 0.0130. The molecule has 0 radical (unpaired) electrons. The zero-order chi connectivity index (χ0) is 15.4. The van der Waals surface area contributed by atoms with Crippen LogP contribution < -0.4 is 10.6 Å². The van der Waals surface area contributed by atoms with Crippen LogP contribution in [0.1, 0.15) is 21.9 Å². The Balaban J connectivity index is 1.71. The summed E-state index contributed by atoms with van der Waals surface area (Å²) in [4.78, 5) is 39.4. The third kappa shape index (κ3) is 3.91. The van der Waals surface area contributed by atoms with Gasteiger partial charge in [-0.3, -0.25) is 4.79 Å². The molecule has 0 bridgehead atoms. The number of nitrogens with zero attached hydrogens (tertiary/aromatic N) is 2. The summed E-state index contributed by atoms with van der Waals surface area (Å²) in [5.74, 6) is -1.15. The Bertz CT molecular complexity index is 559. The third-order valence-corrected chi connectivity index (χ3v) is 4.04. The van der Waals surface area contributed by atoms with Crippen LogP contribution in [0.5, 0.6) is 0 Å². The first-order valence-corrected chi connectivity index (χ1v) is 7.32. The van der Waals surface area contributed by atoms with E-state index in [4.69, 9.17) is 5.11 Å². The van der Waals surface area contributed by atoms with E-state index in [1.54, 1.807) is 11.9 Å². The molecule has 2 rings (SSSR count). The topological polar surface area (TPSA) is 112 Å². The summed E-state index contributed by atoms with van der Waals surface area (Å²) < 4.78 is 0. The van der Waals surface area contributed by atoms with Crippen molar-refractivity contribution < 1.29 is 19.5 Å². The number of thiazole rings is 1. The highest BCUT2D eigenvalue weighted by molar-refractivity contribution is 7.09. The smallest absolute Gasteiger partial charge is 0.355 e. The summed E-state index contributed by atoms with van der Waals surface area (Å²) in [6, 6.07) is -0.868. The quantitative estimate of drug-likeness (QED) is 0.704. The van der Waals surface area contributed by atoms with E-state index in [-0.39, 0.29) is 11.6 Å². The Morgan fingerprint density at radius 2 is 2.33 bits per heavy atom. The SMILES string of the molecule is CN1CCC(NC(=O)NCCc2nc(C(=O)O)cs2)C1=O. The van der Waals surface area contributed by atoms with Crippen molar-refractivity contribution in [2.24, 2.45) is 0 Å². The minimum atomic E-state index is -1.06. The van der Waals surface area contributed by atoms with Crippen molar-refractivity contribution in [2.75, 3.05) is 20.1 Å². The molecule has 3 N–H and O–H groups in total. The van der Waals surface area contributed by atoms with E-state index in [2.05, 4.69) is 15.6 Å². The molecule has 1 unspecified atom stereocenters. The number of urea groups is 1. The van der Waals surface area contributed by atoms with Crippen LogP contribution >= 0.6 is 11.3 Å². The summed E-state index contributed by atoms with van der Waals surface area (Å²) in [7, 11) is 1.70. The Hall–Kier alpha value is -2.16. The number of likely N-dealkylation sites (N-methyl/N-ethyl adjacent to an activating group) is 1. The van der Waals surface area contributed by atoms with Gasteiger partial charge in [0.05, 0.1) is 5.01 Å². The molecule has 1 aromatic rings. The van der Waals surface area contributed by atoms with Crippen LogP contribution in [0.3, 0.4) is 0 Å². The molecule has 114 valence electrons. The van der Waals surface area contributed by atoms with E-state index in [9.17, 15) is 14.4 Å². The maximum atomic E-state index is 11.7. The number of likely N-dealkylation sites (tertiary alicyclic amines) is 1. The van der Waals surface area contributed by atoms with Crippen LogP contribution in [0.25, 0.3) is 0 Å². The van der Waals surface area contributed by atoms with Gasteiger partial charge in [-0.25, -0.2) is 14.6 Å². The minimum Gasteiger partial charge on any atom is -0.476 e. The van der Waals surface area contributed by atoms with Gasteiger partial charge in [0.15, 0.2) is 5.69 Å². The van der Waals surface area contributed by atoms with Gasteiger partial charge >= 0.3 is 12.0 Å². The summed E-state index contributed by atoms with van der Waals surface area (Å²) in [5, 5.41) is 16.1. The normalized spacial score (nSPS) is 17.9. The number of carbonyl (C=O) groups is 3. The number of amides is 3. The van der Waals surface area contributed by atoms with Crippen LogP contribution in [0, 0.1) is 0 Å². The number of carboxylic acid groups (broad SMARTS) is 1. The highest BCUT2D eigenvalue weighted by Gasteiger charge is 2.29. The van der Waals surface area contributed by atoms with Gasteiger partial charge in [-0.15, -0.1) is 11.3 Å². The van der Waals surface area contributed by atoms with E-state index in [1.807, 2.05) is 0 Å². The van der Waals surface area contributed by atoms with E-state index in [1.165, 1.54) is 16.7 Å². The number of nitrogens with one attached hydrogen (secondary N) is 2. The number of aromatic nitrogens is 1. The molecule has 0 spiro atoms. The second kappa shape index (κ2) is 6.53. The lowest BCUT2D eigenvalue weighted by Gasteiger charge is -2.12. The van der Waals surface area contributed by atoms with Gasteiger partial charge in [-0.05, 0) is 6.42 Å². The standard InChI is InChI=1S/C12H16N4O4S/c1-16-5-3-7(10(16)17)15-12(20)13-4-2-9-14-8(6-21-9)11(18)19/h6-7H,2-5H2,1H3,(H,18,19)(H2,13,15,20). The zero-order valence-electron chi connectivity index (χ0n) is 11.5. The summed E-state index contributed by atoms with van der Waals surface area (Å²) >= 11 is 1.24. The molecule has 9 heteroatoms. The maximum absolute atomic E-state index is 11.7. The number of hydrogen-bond donors (Lipinski definition) is 3. The van der Waals surface area contributed by atoms with Crippen molar-refractivity contribution in [3.63, 3.8) is 0 Å². The molecule has 1 atom stereocenters. The molecule has 0 aliphatic carbocycles. The van der Waals surface area contributed by atoms with Crippen LogP contribution in [0.4, 0.5) is 4.79 Å². The van der Waals surface area contributed by atoms with Crippen molar-refractivity contribution in [3.05, 3.63) is 16.1 Å². The molecule has 1 saturated heterocycles. The van der Waals surface area contributed by atoms with Gasteiger partial charge in [0.2, 0.25) is 5.91 Å². The largest absolute Gasteiger partial charge is 0.476 e. The highest BCUT2D eigenvalue weighted by atomic mass is 32.1. The molecule has 3 amide bonds. The van der Waals surface area contributed by atoms with Crippen molar-refractivity contribution in [1.29, 1.82) is 0 Å². The predicted molar refractivity (Wildman–Crippen MR) is 75.4 cm³/mol. The Labute approximate surface area is 125 Å². The number of carboxylic acids is 1. The Morgan fingerprint density at radius 1 is 1.57 bits per heavy atom. The monoisotopic (exact) mass is 312 g/mol. The van der Waals surface area contributed by atoms with Gasteiger partial charge < -0.3 is 20.6 Å². The molecule has 0 saturated carbocycles. The number of carbonyl (C=O) groups excluding carboxylic acids is 2. The molecular formula is C12H16N4O4S. The van der Waals surface area contributed by atoms with Gasteiger partial charge in [0, 0.05) is 31.9 Å². The van der Waals surface area contributed by atoms with Gasteiger partial charge in [-0.1, -0.05) is 0 Å². The second-order valence-corrected chi connectivity index (χ2v) is 5.63. The van der Waals surface area contributed by atoms with Crippen LogP contribution in [0.15, 0.2) is 5.38 Å². The molecule has 21 heavy (non-hydrogen) atoms. The van der Waals surface area contributed by atoms with Crippen molar-refractivity contribution >= 4 is 29.2 Å². The lowest BCUT2D eigenvalue weighted by Crippen LogP contribution is -2.46. The molecule has 1 fully saturated rings. The first kappa shape index (κ1) is 15.2. The van der Waals surface area contributed by atoms with E-state index in [0.717, 1.165) is 0 Å². The maximum Gasteiger partial charge on any atom is 0.355 e. The summed E-state index contributed by atoms with van der Waals surface area (Å²) in [6.07, 6.45) is 1.06. The molecule has 0 aromatic carbocycles. The Kier molecular flexibility index (Phi) is 4.73. The lowest BCUT2D eigenvalue weighted by molar-refractivity contribution is -0.128. The van der Waals surface area contributed by atoms with Crippen molar-refractivity contribution in [1.82, 2.24) is 20.5 Å². The molecule has 1 aliphatic rings. The van der Waals surface area contributed by atoms with E-state index < -0.39 is 18.0 Å². The summed E-state index contributed by atoms with van der Waals surface area (Å²) in [6.45, 7) is 0.968. The van der Waals surface area contributed by atoms with Crippen molar-refractivity contribution in [2.45, 2.75) is 18.9 Å². The molecule has 2 heterocycles. The van der Waals surface area contributed by atoms with Gasteiger partial charge in [0.25, 0.3) is 0 Å². The lowest BCUT2D eigenvalue weighted by atomic mass is 10.2. The fraction of sp³-hybridized carbons (Fsp3) is 0.500. The average Bonchev–Trinajstić information content (AvgIpc) is 3.01. The fourth-order valence-corrected chi connectivity index (χ4v) is 2.74. The minimum absolute atomic E-state index is 0.0130. The highest BCUT2D eigenvalue weighted by Crippen LogP contribution is 2.10. The first-order chi connectivity index (χ1) is 9.97. The third-order valence-electron chi connectivity index (χ3n) is 3.13. The molecule has 1 aromatic heterocycles. The zero-order valence-corrected chi connectivity index (χ0v) is 12.3. The molecular weight excluding hydrogens is 296 g/mol. The van der Waals surface area contributed by atoms with Gasteiger partial charge in [0.1, 0.15) is 6.04 Å². The predicted octanol–water partition coefficient (Wildman–Crippen LogP) is -0.0863. The number of rotatable bonds is 5. The number of aromatic carboxylic acids is 1. The van der Waals surface area contributed by atoms with Crippen LogP contribution in [-0.4, -0.2) is 59.1 Å². The fourth-order valence-electron chi connectivity index (χ4n) is 1.97. The molecule has 1 aliphatic heterocycles. The van der Waals surface area contributed by atoms with Gasteiger partial charge in [-0.2, -0.15) is 0 Å². The average molecular weight is 312 g/mol. The van der Waals surface area contributed by atoms with E-state index >= 15 is 0 Å². The first-order valence-electron chi connectivity index (χ1n) is 6.44. The van der Waals surface area contributed by atoms with E-state index in [0.29, 0.717) is 30.9 Å². The Morgan fingerprint density at radius 3 is 2.90 bits per heavy atom. The van der Waals surface area contributed by atoms with Crippen LogP contribution in [-0.2, 0) is 11.2 Å². The molecule has 8 nitrogen and oxygen atoms in total. The van der Waals surface area contributed by atoms with Crippen LogP contribution in [0.2, 0.25) is 0 Å².